The fourth-order valence-corrected chi connectivity index (χ4v) is 4.48. The van der Waals surface area contributed by atoms with E-state index in [1.54, 1.807) is 29.5 Å². The van der Waals surface area contributed by atoms with Crippen molar-refractivity contribution < 1.29 is 4.79 Å². The largest absolute Gasteiger partial charge is 0.352 e. The molecule has 132 valence electrons. The van der Waals surface area contributed by atoms with Crippen LogP contribution >= 0.6 is 45.9 Å². The van der Waals surface area contributed by atoms with Gasteiger partial charge in [-0.3, -0.25) is 4.79 Å². The van der Waals surface area contributed by atoms with Crippen LogP contribution in [-0.4, -0.2) is 27.0 Å². The molecule has 0 bridgehead atoms. The summed E-state index contributed by atoms with van der Waals surface area (Å²) in [4.78, 5) is 18.7. The van der Waals surface area contributed by atoms with Crippen molar-refractivity contribution in [2.75, 3.05) is 6.54 Å². The molecule has 4 rings (SSSR count). The first-order chi connectivity index (χ1) is 12.6. The van der Waals surface area contributed by atoms with Crippen molar-refractivity contribution in [2.24, 2.45) is 0 Å². The normalized spacial score (nSPS) is 11.2. The Bertz CT molecular complexity index is 1070. The Hall–Kier alpha value is -1.93. The lowest BCUT2D eigenvalue weighted by molar-refractivity contribution is 0.0954. The number of hydrogen-bond acceptors (Lipinski definition) is 5. The van der Waals surface area contributed by atoms with Crippen LogP contribution < -0.4 is 5.32 Å². The fourth-order valence-electron chi connectivity index (χ4n) is 2.48. The smallest absolute Gasteiger partial charge is 0.252 e. The third-order valence-electron chi connectivity index (χ3n) is 3.73. The van der Waals surface area contributed by atoms with E-state index in [0.717, 1.165) is 21.4 Å². The molecule has 1 aromatic carbocycles. The van der Waals surface area contributed by atoms with Crippen LogP contribution in [0.3, 0.4) is 0 Å². The standard InChI is InChI=1S/C17H12Cl2N4OS2/c18-10-3-4-12(13(19)8-10)16(24)20-6-5-11-9-26-17-21-15(22-23(11)17)14-2-1-7-25-14/h1-4,7-9H,5-6H2,(H,20,24). The average Bonchev–Trinajstić information content (AvgIpc) is 3.32. The molecule has 9 heteroatoms. The highest BCUT2D eigenvalue weighted by molar-refractivity contribution is 7.15. The Morgan fingerprint density at radius 3 is 2.88 bits per heavy atom. The summed E-state index contributed by atoms with van der Waals surface area (Å²) in [7, 11) is 0. The van der Waals surface area contributed by atoms with Crippen LogP contribution in [0, 0.1) is 0 Å². The quantitative estimate of drug-likeness (QED) is 0.502. The van der Waals surface area contributed by atoms with Crippen LogP contribution in [0.4, 0.5) is 0 Å². The molecule has 0 spiro atoms. The number of nitrogens with zero attached hydrogens (tertiary/aromatic N) is 3. The molecule has 0 aliphatic carbocycles. The molecule has 1 amide bonds. The summed E-state index contributed by atoms with van der Waals surface area (Å²) in [5, 5.41) is 12.3. The summed E-state index contributed by atoms with van der Waals surface area (Å²) in [5.41, 5.74) is 1.41. The topological polar surface area (TPSA) is 59.3 Å². The maximum Gasteiger partial charge on any atom is 0.252 e. The number of amides is 1. The zero-order valence-corrected chi connectivity index (χ0v) is 16.4. The van der Waals surface area contributed by atoms with Crippen molar-refractivity contribution >= 4 is 56.7 Å². The van der Waals surface area contributed by atoms with Gasteiger partial charge in [0.25, 0.3) is 5.91 Å². The van der Waals surface area contributed by atoms with E-state index in [1.807, 2.05) is 27.4 Å². The van der Waals surface area contributed by atoms with E-state index in [9.17, 15) is 4.79 Å². The van der Waals surface area contributed by atoms with Crippen molar-refractivity contribution in [3.05, 3.63) is 62.4 Å². The molecule has 3 aromatic heterocycles. The van der Waals surface area contributed by atoms with E-state index in [2.05, 4.69) is 15.4 Å². The first-order valence-electron chi connectivity index (χ1n) is 7.72. The number of thiophene rings is 1. The van der Waals surface area contributed by atoms with Crippen LogP contribution in [-0.2, 0) is 6.42 Å². The number of rotatable bonds is 5. The maximum atomic E-state index is 12.3. The summed E-state index contributed by atoms with van der Waals surface area (Å²) < 4.78 is 1.83. The Balaban J connectivity index is 1.44. The van der Waals surface area contributed by atoms with Gasteiger partial charge in [0.15, 0.2) is 5.82 Å². The Morgan fingerprint density at radius 2 is 2.12 bits per heavy atom. The summed E-state index contributed by atoms with van der Waals surface area (Å²) >= 11 is 15.1. The van der Waals surface area contributed by atoms with Crippen molar-refractivity contribution in [2.45, 2.75) is 6.42 Å². The molecule has 0 atom stereocenters. The minimum absolute atomic E-state index is 0.226. The van der Waals surface area contributed by atoms with Gasteiger partial charge in [0.2, 0.25) is 4.96 Å². The fraction of sp³-hybridized carbons (Fsp3) is 0.118. The highest BCUT2D eigenvalue weighted by Crippen LogP contribution is 2.24. The van der Waals surface area contributed by atoms with Gasteiger partial charge in [-0.1, -0.05) is 29.3 Å². The minimum atomic E-state index is -0.226. The van der Waals surface area contributed by atoms with Gasteiger partial charge in [0, 0.05) is 23.4 Å². The van der Waals surface area contributed by atoms with Crippen LogP contribution in [0.5, 0.6) is 0 Å². The van der Waals surface area contributed by atoms with Gasteiger partial charge < -0.3 is 5.32 Å². The highest BCUT2D eigenvalue weighted by Gasteiger charge is 2.13. The average molecular weight is 423 g/mol. The number of thiazole rings is 1. The molecule has 0 aliphatic heterocycles. The van der Waals surface area contributed by atoms with Crippen molar-refractivity contribution in [3.63, 3.8) is 0 Å². The zero-order chi connectivity index (χ0) is 18.1. The lowest BCUT2D eigenvalue weighted by Crippen LogP contribution is -2.26. The molecule has 0 saturated carbocycles. The number of hydrogen-bond donors (Lipinski definition) is 1. The lowest BCUT2D eigenvalue weighted by Gasteiger charge is -2.06. The van der Waals surface area contributed by atoms with Gasteiger partial charge in [-0.05, 0) is 29.6 Å². The van der Waals surface area contributed by atoms with E-state index < -0.39 is 0 Å². The van der Waals surface area contributed by atoms with E-state index in [4.69, 9.17) is 23.2 Å². The van der Waals surface area contributed by atoms with Crippen molar-refractivity contribution in [1.82, 2.24) is 19.9 Å². The molecule has 5 nitrogen and oxygen atoms in total. The van der Waals surface area contributed by atoms with Gasteiger partial charge in [0.05, 0.1) is 21.2 Å². The SMILES string of the molecule is O=C(NCCc1csc2nc(-c3cccs3)nn12)c1ccc(Cl)cc1Cl. The third kappa shape index (κ3) is 3.48. The Labute approximate surface area is 167 Å². The summed E-state index contributed by atoms with van der Waals surface area (Å²) in [6.45, 7) is 0.470. The number of fused-ring (bicyclic) bond motifs is 1. The van der Waals surface area contributed by atoms with Crippen LogP contribution in [0.1, 0.15) is 16.1 Å². The van der Waals surface area contributed by atoms with Gasteiger partial charge in [0.1, 0.15) is 0 Å². The van der Waals surface area contributed by atoms with Crippen LogP contribution in [0.2, 0.25) is 10.0 Å². The second kappa shape index (κ2) is 7.36. The molecule has 1 N–H and O–H groups in total. The predicted octanol–water partition coefficient (Wildman–Crippen LogP) is 4.80. The molecule has 0 radical (unpaired) electrons. The molecule has 0 saturated heterocycles. The summed E-state index contributed by atoms with van der Waals surface area (Å²) in [5.74, 6) is 0.501. The van der Waals surface area contributed by atoms with Gasteiger partial charge in [-0.15, -0.1) is 27.8 Å². The van der Waals surface area contributed by atoms with Gasteiger partial charge in [-0.2, -0.15) is 4.98 Å². The predicted molar refractivity (Wildman–Crippen MR) is 107 cm³/mol. The molecular formula is C17H12Cl2N4OS2. The number of carbonyl (C=O) groups excluding carboxylic acids is 1. The maximum absolute atomic E-state index is 12.3. The van der Waals surface area contributed by atoms with E-state index >= 15 is 0 Å². The van der Waals surface area contributed by atoms with E-state index in [1.165, 1.54) is 11.3 Å². The number of nitrogens with one attached hydrogen (secondary N) is 1. The number of carbonyl (C=O) groups is 1. The highest BCUT2D eigenvalue weighted by atomic mass is 35.5. The number of benzene rings is 1. The summed E-state index contributed by atoms with van der Waals surface area (Å²) in [6, 6.07) is 8.80. The Kier molecular flexibility index (Phi) is 4.95. The first kappa shape index (κ1) is 17.5. The van der Waals surface area contributed by atoms with Gasteiger partial charge in [-0.25, -0.2) is 4.52 Å². The van der Waals surface area contributed by atoms with Gasteiger partial charge >= 0.3 is 0 Å². The second-order valence-electron chi connectivity index (χ2n) is 5.46. The van der Waals surface area contributed by atoms with Crippen molar-refractivity contribution in [1.29, 1.82) is 0 Å². The first-order valence-corrected chi connectivity index (χ1v) is 10.2. The third-order valence-corrected chi connectivity index (χ3v) is 6.01. The summed E-state index contributed by atoms with van der Waals surface area (Å²) in [6.07, 6.45) is 0.643. The van der Waals surface area contributed by atoms with Crippen LogP contribution in [0.25, 0.3) is 15.7 Å². The minimum Gasteiger partial charge on any atom is -0.352 e. The molecule has 0 unspecified atom stereocenters. The Morgan fingerprint density at radius 1 is 1.23 bits per heavy atom. The molecule has 4 aromatic rings. The number of aromatic nitrogens is 3. The molecule has 0 aliphatic rings. The van der Waals surface area contributed by atoms with Crippen molar-refractivity contribution in [3.8, 4) is 10.7 Å². The number of halogens is 2. The second-order valence-corrected chi connectivity index (χ2v) is 8.09. The molecule has 26 heavy (non-hydrogen) atoms. The lowest BCUT2D eigenvalue weighted by atomic mass is 10.2. The molecule has 0 fully saturated rings. The molecular weight excluding hydrogens is 411 g/mol. The van der Waals surface area contributed by atoms with E-state index in [-0.39, 0.29) is 5.91 Å². The molecule has 3 heterocycles. The zero-order valence-electron chi connectivity index (χ0n) is 13.3. The van der Waals surface area contributed by atoms with E-state index in [0.29, 0.717) is 28.6 Å². The van der Waals surface area contributed by atoms with Crippen LogP contribution in [0.15, 0.2) is 41.1 Å². The monoisotopic (exact) mass is 422 g/mol.